The average molecular weight is 566 g/mol. The molecule has 1 atom stereocenters. The minimum Gasteiger partial charge on any atom is -0.480 e. The predicted octanol–water partition coefficient (Wildman–Crippen LogP) is 5.51. The lowest BCUT2D eigenvalue weighted by Crippen LogP contribution is -2.36. The molecule has 214 valence electrons. The van der Waals surface area contributed by atoms with Crippen LogP contribution >= 0.6 is 0 Å². The number of methoxy groups -OCH3 is 1. The van der Waals surface area contributed by atoms with Gasteiger partial charge in [-0.3, -0.25) is 9.36 Å². The summed E-state index contributed by atoms with van der Waals surface area (Å²) in [6, 6.07) is 3.10. The van der Waals surface area contributed by atoms with Gasteiger partial charge in [0.2, 0.25) is 5.88 Å². The van der Waals surface area contributed by atoms with Gasteiger partial charge in [0.15, 0.2) is 11.5 Å². The molecule has 4 aromatic heterocycles. The van der Waals surface area contributed by atoms with Crippen LogP contribution < -0.4 is 10.3 Å². The second kappa shape index (κ2) is 9.09. The summed E-state index contributed by atoms with van der Waals surface area (Å²) in [6.45, 7) is 4.17. The second-order valence-corrected chi connectivity index (χ2v) is 12.1. The van der Waals surface area contributed by atoms with E-state index in [1.165, 1.54) is 12.4 Å². The highest BCUT2D eigenvalue weighted by Crippen LogP contribution is 2.65. The van der Waals surface area contributed by atoms with E-state index in [9.17, 15) is 18.0 Å². The third kappa shape index (κ3) is 4.29. The van der Waals surface area contributed by atoms with E-state index in [0.29, 0.717) is 47.6 Å². The van der Waals surface area contributed by atoms with Gasteiger partial charge in [0.1, 0.15) is 23.4 Å². The normalized spacial score (nSPS) is 23.8. The van der Waals surface area contributed by atoms with Crippen molar-refractivity contribution in [3.8, 4) is 17.3 Å². The fourth-order valence-electron chi connectivity index (χ4n) is 6.96. The highest BCUT2D eigenvalue weighted by atomic mass is 19.4. The van der Waals surface area contributed by atoms with Crippen molar-refractivity contribution >= 4 is 11.0 Å². The van der Waals surface area contributed by atoms with Crippen LogP contribution in [0.4, 0.5) is 13.2 Å². The lowest BCUT2D eigenvalue weighted by Gasteiger charge is -2.39. The van der Waals surface area contributed by atoms with Gasteiger partial charge in [0, 0.05) is 48.3 Å². The standard InChI is InChI=1S/C29H30F3N7O2/c1-15(2)38-12-20(29(30,31)32)36-26(38)19-10-28(8-18(19)9-28)13-39-21(40)7-6-17-11-33-24(37-25(17)39)22-23(16-4-5-16)34-14-35-27(22)41-3/h6-7,11-12,14-16,18-19H,4-5,8-10,13H2,1-3H3. The first-order valence-corrected chi connectivity index (χ1v) is 14.0. The van der Waals surface area contributed by atoms with E-state index in [1.807, 2.05) is 13.8 Å². The van der Waals surface area contributed by atoms with E-state index in [1.54, 1.807) is 28.5 Å². The molecule has 41 heavy (non-hydrogen) atoms. The van der Waals surface area contributed by atoms with Crippen molar-refractivity contribution in [2.45, 2.75) is 76.6 Å². The molecule has 0 saturated heterocycles. The maximum atomic E-state index is 13.5. The van der Waals surface area contributed by atoms with Gasteiger partial charge in [0.25, 0.3) is 5.56 Å². The smallest absolute Gasteiger partial charge is 0.434 e. The molecule has 0 radical (unpaired) electrons. The third-order valence-corrected chi connectivity index (χ3v) is 8.99. The fourth-order valence-corrected chi connectivity index (χ4v) is 6.96. The summed E-state index contributed by atoms with van der Waals surface area (Å²) in [5.74, 6) is 1.74. The van der Waals surface area contributed by atoms with Crippen LogP contribution in [-0.4, -0.2) is 41.2 Å². The van der Waals surface area contributed by atoms with Crippen LogP contribution in [0.1, 0.15) is 81.0 Å². The summed E-state index contributed by atoms with van der Waals surface area (Å²) >= 11 is 0. The number of rotatable bonds is 7. The van der Waals surface area contributed by atoms with Crippen molar-refractivity contribution in [3.63, 3.8) is 0 Å². The quantitative estimate of drug-likeness (QED) is 0.291. The molecule has 0 aliphatic heterocycles. The molecule has 4 aromatic rings. The molecule has 12 heteroatoms. The molecule has 0 aromatic carbocycles. The molecular formula is C29H30F3N7O2. The summed E-state index contributed by atoms with van der Waals surface area (Å²) in [5, 5.41) is 0.726. The number of aromatic nitrogens is 7. The van der Waals surface area contributed by atoms with Crippen molar-refractivity contribution in [2.75, 3.05) is 7.11 Å². The molecule has 1 unspecified atom stereocenters. The summed E-state index contributed by atoms with van der Waals surface area (Å²) in [7, 11) is 1.55. The fraction of sp³-hybridized carbons (Fsp3) is 0.517. The molecule has 9 nitrogen and oxygen atoms in total. The Hall–Kier alpha value is -3.83. The topological polar surface area (TPSA) is 101 Å². The molecule has 8 rings (SSSR count). The van der Waals surface area contributed by atoms with Crippen molar-refractivity contribution in [1.29, 1.82) is 0 Å². The largest absolute Gasteiger partial charge is 0.480 e. The van der Waals surface area contributed by atoms with Crippen LogP contribution in [0.25, 0.3) is 22.4 Å². The average Bonchev–Trinajstić information content (AvgIpc) is 3.40. The summed E-state index contributed by atoms with van der Waals surface area (Å²) in [5.41, 5.74) is 0.770. The molecule has 0 N–H and O–H groups in total. The minimum absolute atomic E-state index is 0.0869. The van der Waals surface area contributed by atoms with Gasteiger partial charge in [-0.15, -0.1) is 0 Å². The summed E-state index contributed by atoms with van der Waals surface area (Å²) in [4.78, 5) is 35.6. The van der Waals surface area contributed by atoms with E-state index in [0.717, 1.165) is 43.0 Å². The van der Waals surface area contributed by atoms with Crippen molar-refractivity contribution in [2.24, 2.45) is 11.3 Å². The molecule has 4 heterocycles. The monoisotopic (exact) mass is 565 g/mol. The van der Waals surface area contributed by atoms with Crippen LogP contribution in [0.5, 0.6) is 5.88 Å². The Bertz CT molecular complexity index is 1720. The number of ether oxygens (including phenoxy) is 1. The molecule has 2 bridgehead atoms. The highest BCUT2D eigenvalue weighted by Gasteiger charge is 2.58. The van der Waals surface area contributed by atoms with Gasteiger partial charge in [-0.05, 0) is 63.4 Å². The number of hydrogen-bond donors (Lipinski definition) is 0. The Morgan fingerprint density at radius 1 is 1.10 bits per heavy atom. The second-order valence-electron chi connectivity index (χ2n) is 12.1. The number of alkyl halides is 3. The van der Waals surface area contributed by atoms with Crippen LogP contribution in [0, 0.1) is 11.3 Å². The van der Waals surface area contributed by atoms with E-state index in [-0.39, 0.29) is 28.9 Å². The zero-order valence-electron chi connectivity index (χ0n) is 23.0. The van der Waals surface area contributed by atoms with Gasteiger partial charge >= 0.3 is 6.18 Å². The minimum atomic E-state index is -4.49. The maximum absolute atomic E-state index is 13.5. The van der Waals surface area contributed by atoms with Gasteiger partial charge in [-0.1, -0.05) is 0 Å². The van der Waals surface area contributed by atoms with Crippen LogP contribution in [-0.2, 0) is 12.7 Å². The van der Waals surface area contributed by atoms with Gasteiger partial charge in [-0.25, -0.2) is 24.9 Å². The zero-order valence-corrected chi connectivity index (χ0v) is 23.0. The Kier molecular flexibility index (Phi) is 5.78. The Morgan fingerprint density at radius 2 is 1.88 bits per heavy atom. The van der Waals surface area contributed by atoms with Gasteiger partial charge < -0.3 is 9.30 Å². The Balaban J connectivity index is 1.25. The highest BCUT2D eigenvalue weighted by molar-refractivity contribution is 5.77. The molecule has 0 amide bonds. The van der Waals surface area contributed by atoms with Crippen LogP contribution in [0.2, 0.25) is 0 Å². The van der Waals surface area contributed by atoms with Crippen molar-refractivity contribution in [3.05, 3.63) is 58.4 Å². The predicted molar refractivity (Wildman–Crippen MR) is 143 cm³/mol. The molecule has 4 aliphatic rings. The van der Waals surface area contributed by atoms with E-state index >= 15 is 0 Å². The summed E-state index contributed by atoms with van der Waals surface area (Å²) < 4.78 is 49.5. The number of nitrogens with zero attached hydrogens (tertiary/aromatic N) is 7. The lowest BCUT2D eigenvalue weighted by atomic mass is 9.69. The number of fused-ring (bicyclic) bond motifs is 2. The molecular weight excluding hydrogens is 535 g/mol. The SMILES string of the molecule is COc1ncnc(C2CC2)c1-c1ncc2ccc(=O)n(CC34CC(C3)C(c3nc(C(F)(F)F)cn3C(C)C)C4)c2n1. The number of imidazole rings is 1. The van der Waals surface area contributed by atoms with Gasteiger partial charge in [0.05, 0.1) is 12.8 Å². The van der Waals surface area contributed by atoms with E-state index in [2.05, 4.69) is 19.9 Å². The van der Waals surface area contributed by atoms with Crippen molar-refractivity contribution < 1.29 is 17.9 Å². The van der Waals surface area contributed by atoms with E-state index in [4.69, 9.17) is 9.72 Å². The van der Waals surface area contributed by atoms with Crippen molar-refractivity contribution in [1.82, 2.24) is 34.1 Å². The Morgan fingerprint density at radius 3 is 2.56 bits per heavy atom. The molecule has 4 saturated carbocycles. The Labute approximate surface area is 233 Å². The molecule has 0 spiro atoms. The van der Waals surface area contributed by atoms with Gasteiger partial charge in [-0.2, -0.15) is 13.2 Å². The first-order valence-electron chi connectivity index (χ1n) is 14.0. The van der Waals surface area contributed by atoms with Crippen LogP contribution in [0.15, 0.2) is 35.6 Å². The molecule has 4 fully saturated rings. The van der Waals surface area contributed by atoms with E-state index < -0.39 is 11.9 Å². The first kappa shape index (κ1) is 26.1. The third-order valence-electron chi connectivity index (χ3n) is 8.99. The molecule has 4 aliphatic carbocycles. The first-order chi connectivity index (χ1) is 19.6. The number of halogens is 3. The summed E-state index contributed by atoms with van der Waals surface area (Å²) in [6.07, 6.45) is 4.21. The lowest BCUT2D eigenvalue weighted by molar-refractivity contribution is -0.141. The zero-order chi connectivity index (χ0) is 28.7. The maximum Gasteiger partial charge on any atom is 0.434 e. The number of hydrogen-bond acceptors (Lipinski definition) is 7. The van der Waals surface area contributed by atoms with Crippen LogP contribution in [0.3, 0.4) is 0 Å². The number of pyridine rings is 1.